The van der Waals surface area contributed by atoms with Crippen molar-refractivity contribution in [3.05, 3.63) is 93.9 Å². The maximum Gasteiger partial charge on any atom is 0.277 e. The van der Waals surface area contributed by atoms with Crippen LogP contribution in [0, 0.1) is 5.92 Å². The number of benzene rings is 2. The lowest BCUT2D eigenvalue weighted by molar-refractivity contribution is -0.122. The molecule has 0 saturated carbocycles. The molecule has 1 aliphatic carbocycles. The van der Waals surface area contributed by atoms with Crippen LogP contribution < -0.4 is 10.9 Å². The summed E-state index contributed by atoms with van der Waals surface area (Å²) in [5, 5.41) is 6.53. The molecule has 5 rings (SSSR count). The van der Waals surface area contributed by atoms with Gasteiger partial charge in [0.25, 0.3) is 5.56 Å². The molecule has 5 heteroatoms. The summed E-state index contributed by atoms with van der Waals surface area (Å²) in [6.45, 7) is 0. The molecule has 0 fully saturated rings. The lowest BCUT2D eigenvalue weighted by Gasteiger charge is -2.35. The summed E-state index contributed by atoms with van der Waals surface area (Å²) >= 11 is 0. The normalized spacial score (nSPS) is 21.0. The van der Waals surface area contributed by atoms with Gasteiger partial charge in [-0.1, -0.05) is 54.6 Å². The highest BCUT2D eigenvalue weighted by Gasteiger charge is 2.42. The van der Waals surface area contributed by atoms with E-state index in [9.17, 15) is 9.59 Å². The van der Waals surface area contributed by atoms with E-state index in [4.69, 9.17) is 0 Å². The number of hydrogen-bond acceptors (Lipinski definition) is 3. The first-order valence-electron chi connectivity index (χ1n) is 9.19. The zero-order chi connectivity index (χ0) is 18.4. The highest BCUT2D eigenvalue weighted by Crippen LogP contribution is 2.44. The van der Waals surface area contributed by atoms with Crippen molar-refractivity contribution in [2.24, 2.45) is 5.92 Å². The van der Waals surface area contributed by atoms with Crippen LogP contribution in [0.1, 0.15) is 29.9 Å². The van der Waals surface area contributed by atoms with Crippen molar-refractivity contribution in [3.63, 3.8) is 0 Å². The molecule has 27 heavy (non-hydrogen) atoms. The summed E-state index contributed by atoms with van der Waals surface area (Å²) in [7, 11) is 0. The maximum atomic E-state index is 13.3. The third-order valence-electron chi connectivity index (χ3n) is 5.45. The molecular formula is C22H19N3O2. The Bertz CT molecular complexity index is 1090. The third kappa shape index (κ3) is 2.46. The van der Waals surface area contributed by atoms with Crippen molar-refractivity contribution in [3.8, 4) is 5.69 Å². The Morgan fingerprint density at radius 1 is 0.889 bits per heavy atom. The minimum atomic E-state index is -0.332. The van der Waals surface area contributed by atoms with Gasteiger partial charge in [-0.25, -0.2) is 4.68 Å². The Balaban J connectivity index is 1.75. The number of aromatic nitrogens is 2. The zero-order valence-electron chi connectivity index (χ0n) is 14.7. The van der Waals surface area contributed by atoms with Crippen LogP contribution in [-0.2, 0) is 4.79 Å². The molecule has 2 N–H and O–H groups in total. The van der Waals surface area contributed by atoms with E-state index in [0.29, 0.717) is 17.8 Å². The van der Waals surface area contributed by atoms with Gasteiger partial charge >= 0.3 is 0 Å². The van der Waals surface area contributed by atoms with Gasteiger partial charge in [0.1, 0.15) is 11.6 Å². The number of aromatic amines is 1. The van der Waals surface area contributed by atoms with Crippen molar-refractivity contribution >= 4 is 11.6 Å². The van der Waals surface area contributed by atoms with Crippen molar-refractivity contribution in [2.45, 2.75) is 18.8 Å². The Morgan fingerprint density at radius 3 is 2.33 bits per heavy atom. The standard InChI is InChI=1S/C22H19N3O2/c26-17-13-7-12-16-19(17)18(14-8-3-1-4-9-14)20-21(23-16)24-25(22(20)27)15-10-5-2-6-11-15/h1-6,8-12,18-19,23-24H,7,13H2/t18-,19-/m1/s1. The van der Waals surface area contributed by atoms with Crippen LogP contribution in [0.3, 0.4) is 0 Å². The fourth-order valence-electron chi connectivity index (χ4n) is 4.24. The summed E-state index contributed by atoms with van der Waals surface area (Å²) in [5.74, 6) is 0.248. The van der Waals surface area contributed by atoms with Gasteiger partial charge in [-0.05, 0) is 24.1 Å². The molecule has 0 unspecified atom stereocenters. The number of hydrogen-bond donors (Lipinski definition) is 2. The average Bonchev–Trinajstić information content (AvgIpc) is 3.04. The molecule has 2 heterocycles. The number of carbonyl (C=O) groups excluding carboxylic acids is 1. The molecule has 0 amide bonds. The number of carbonyl (C=O) groups is 1. The van der Waals surface area contributed by atoms with E-state index < -0.39 is 0 Å². The fourth-order valence-corrected chi connectivity index (χ4v) is 4.24. The van der Waals surface area contributed by atoms with Crippen LogP contribution in [0.5, 0.6) is 0 Å². The largest absolute Gasteiger partial charge is 0.343 e. The molecule has 0 radical (unpaired) electrons. The number of allylic oxidation sites excluding steroid dienone is 2. The number of anilines is 1. The molecule has 2 aromatic carbocycles. The van der Waals surface area contributed by atoms with Crippen LogP contribution in [0.2, 0.25) is 0 Å². The van der Waals surface area contributed by atoms with Crippen molar-refractivity contribution in [2.75, 3.05) is 5.32 Å². The number of nitrogens with zero attached hydrogens (tertiary/aromatic N) is 1. The van der Waals surface area contributed by atoms with E-state index in [1.807, 2.05) is 60.7 Å². The Hall–Kier alpha value is -3.34. The Labute approximate surface area is 156 Å². The van der Waals surface area contributed by atoms with E-state index in [-0.39, 0.29) is 23.2 Å². The first-order chi connectivity index (χ1) is 13.2. The highest BCUT2D eigenvalue weighted by atomic mass is 16.1. The summed E-state index contributed by atoms with van der Waals surface area (Å²) in [5.41, 5.74) is 3.17. The zero-order valence-corrected chi connectivity index (χ0v) is 14.7. The molecule has 0 saturated heterocycles. The minimum absolute atomic E-state index is 0.116. The van der Waals surface area contributed by atoms with Gasteiger partial charge in [0.05, 0.1) is 17.2 Å². The van der Waals surface area contributed by atoms with Crippen LogP contribution in [0.4, 0.5) is 5.82 Å². The first kappa shape index (κ1) is 15.9. The van der Waals surface area contributed by atoms with E-state index >= 15 is 0 Å². The van der Waals surface area contributed by atoms with Crippen molar-refractivity contribution in [1.29, 1.82) is 0 Å². The average molecular weight is 357 g/mol. The van der Waals surface area contributed by atoms with Gasteiger partial charge in [0, 0.05) is 18.0 Å². The number of ketones is 1. The molecule has 1 aromatic heterocycles. The highest BCUT2D eigenvalue weighted by molar-refractivity contribution is 5.89. The lowest BCUT2D eigenvalue weighted by Crippen LogP contribution is -2.36. The summed E-state index contributed by atoms with van der Waals surface area (Å²) in [6, 6.07) is 19.3. The SMILES string of the molecule is O=C1CCC=C2Nc3[nH]n(-c4ccccc4)c(=O)c3[C@H](c3ccccc3)[C@@H]12. The van der Waals surface area contributed by atoms with Gasteiger partial charge in [-0.15, -0.1) is 0 Å². The third-order valence-corrected chi connectivity index (χ3v) is 5.45. The maximum absolute atomic E-state index is 13.3. The predicted molar refractivity (Wildman–Crippen MR) is 104 cm³/mol. The molecule has 2 atom stereocenters. The predicted octanol–water partition coefficient (Wildman–Crippen LogP) is 3.59. The van der Waals surface area contributed by atoms with Crippen LogP contribution >= 0.6 is 0 Å². The summed E-state index contributed by atoms with van der Waals surface area (Å²) in [4.78, 5) is 26.2. The molecule has 2 aliphatic rings. The molecule has 0 spiro atoms. The smallest absolute Gasteiger partial charge is 0.277 e. The number of nitrogens with one attached hydrogen (secondary N) is 2. The Kier molecular flexibility index (Phi) is 3.60. The molecule has 3 aromatic rings. The van der Waals surface area contributed by atoms with E-state index in [2.05, 4.69) is 16.5 Å². The lowest BCUT2D eigenvalue weighted by atomic mass is 9.72. The number of H-pyrrole nitrogens is 1. The van der Waals surface area contributed by atoms with E-state index in [1.54, 1.807) is 4.68 Å². The first-order valence-corrected chi connectivity index (χ1v) is 9.19. The molecule has 0 bridgehead atoms. The van der Waals surface area contributed by atoms with Crippen molar-refractivity contribution < 1.29 is 4.79 Å². The number of para-hydroxylation sites is 1. The molecule has 5 nitrogen and oxygen atoms in total. The number of Topliss-reactive ketones (excluding diaryl/α,β-unsaturated/α-hetero) is 1. The molecule has 134 valence electrons. The van der Waals surface area contributed by atoms with Gasteiger partial charge in [0.2, 0.25) is 0 Å². The molecule has 1 aliphatic heterocycles. The van der Waals surface area contributed by atoms with Crippen LogP contribution in [-0.4, -0.2) is 15.6 Å². The van der Waals surface area contributed by atoms with E-state index in [0.717, 1.165) is 23.4 Å². The summed E-state index contributed by atoms with van der Waals surface area (Å²) < 4.78 is 1.55. The van der Waals surface area contributed by atoms with Gasteiger partial charge < -0.3 is 5.32 Å². The second kappa shape index (κ2) is 6.13. The number of fused-ring (bicyclic) bond motifs is 2. The quantitative estimate of drug-likeness (QED) is 0.737. The van der Waals surface area contributed by atoms with E-state index in [1.165, 1.54) is 0 Å². The summed E-state index contributed by atoms with van der Waals surface area (Å²) in [6.07, 6.45) is 3.34. The van der Waals surface area contributed by atoms with Gasteiger partial charge in [-0.3, -0.25) is 14.7 Å². The molecular weight excluding hydrogens is 338 g/mol. The number of rotatable bonds is 2. The van der Waals surface area contributed by atoms with Gasteiger partial charge in [0.15, 0.2) is 0 Å². The Morgan fingerprint density at radius 2 is 1.59 bits per heavy atom. The fraction of sp³-hybridized carbons (Fsp3) is 0.182. The topological polar surface area (TPSA) is 66.9 Å². The van der Waals surface area contributed by atoms with Crippen molar-refractivity contribution in [1.82, 2.24) is 9.78 Å². The minimum Gasteiger partial charge on any atom is -0.343 e. The monoisotopic (exact) mass is 357 g/mol. The van der Waals surface area contributed by atoms with Crippen LogP contribution in [0.25, 0.3) is 5.69 Å². The second-order valence-electron chi connectivity index (χ2n) is 7.03. The van der Waals surface area contributed by atoms with Crippen LogP contribution in [0.15, 0.2) is 77.2 Å². The second-order valence-corrected chi connectivity index (χ2v) is 7.03. The van der Waals surface area contributed by atoms with Gasteiger partial charge in [-0.2, -0.15) is 0 Å².